The number of carboxylic acid groups (broad SMARTS) is 1. The van der Waals surface area contributed by atoms with Crippen LogP contribution in [0.2, 0.25) is 18.1 Å². The van der Waals surface area contributed by atoms with Crippen LogP contribution in [0.4, 0.5) is 4.39 Å². The summed E-state index contributed by atoms with van der Waals surface area (Å²) in [5.74, 6) is -1.15. The molecule has 2 rings (SSSR count). The Kier molecular flexibility index (Phi) is 7.83. The number of halogens is 1. The van der Waals surface area contributed by atoms with Gasteiger partial charge in [0.05, 0.1) is 12.2 Å². The molecule has 0 aromatic heterocycles. The normalized spacial score (nSPS) is 13.2. The molecule has 0 aliphatic rings. The minimum atomic E-state index is -1.82. The zero-order valence-electron chi connectivity index (χ0n) is 18.8. The van der Waals surface area contributed by atoms with Crippen molar-refractivity contribution in [2.24, 2.45) is 5.92 Å². The second-order valence-corrected chi connectivity index (χ2v) is 14.0. The van der Waals surface area contributed by atoms with Crippen LogP contribution >= 0.6 is 0 Å². The van der Waals surface area contributed by atoms with Crippen LogP contribution < -0.4 is 4.74 Å². The van der Waals surface area contributed by atoms with Crippen LogP contribution in [-0.2, 0) is 4.43 Å². The summed E-state index contributed by atoms with van der Waals surface area (Å²) in [5.41, 5.74) is 0.971. The van der Waals surface area contributed by atoms with E-state index in [4.69, 9.17) is 14.3 Å². The van der Waals surface area contributed by atoms with Crippen molar-refractivity contribution >= 4 is 14.3 Å². The molecule has 1 N–H and O–H groups in total. The molecule has 0 bridgehead atoms. The highest BCUT2D eigenvalue weighted by Crippen LogP contribution is 2.37. The fourth-order valence-corrected chi connectivity index (χ4v) is 3.81. The number of hydrogen-bond donors (Lipinski definition) is 1. The molecule has 30 heavy (non-hydrogen) atoms. The van der Waals surface area contributed by atoms with Gasteiger partial charge in [0.1, 0.15) is 11.6 Å². The minimum Gasteiger partial charge on any atom is -0.493 e. The molecule has 164 valence electrons. The minimum absolute atomic E-state index is 0.158. The standard InChI is InChI=1S/C24H33FO4Si/c1-7-17(16-29-30(5,6)24(2,3)4)15-28-22-11-9-8-10-19(22)18-12-13-20(23(26)27)21(25)14-18/h8-14,17H,7,15-16H2,1-6H3,(H,26,27)/t17-/m0/s1. The zero-order chi connectivity index (χ0) is 22.5. The van der Waals surface area contributed by atoms with Crippen LogP contribution in [0.5, 0.6) is 5.75 Å². The van der Waals surface area contributed by atoms with Crippen LogP contribution in [-0.4, -0.2) is 32.6 Å². The number of carbonyl (C=O) groups is 1. The van der Waals surface area contributed by atoms with E-state index in [9.17, 15) is 9.18 Å². The first-order valence-electron chi connectivity index (χ1n) is 10.3. The van der Waals surface area contributed by atoms with Gasteiger partial charge in [-0.1, -0.05) is 52.0 Å². The number of benzene rings is 2. The maximum absolute atomic E-state index is 14.2. The van der Waals surface area contributed by atoms with Gasteiger partial charge in [0.15, 0.2) is 8.32 Å². The van der Waals surface area contributed by atoms with E-state index in [1.807, 2.05) is 24.3 Å². The molecule has 0 fully saturated rings. The number of hydrogen-bond acceptors (Lipinski definition) is 3. The molecule has 0 aliphatic carbocycles. The monoisotopic (exact) mass is 432 g/mol. The first-order chi connectivity index (χ1) is 14.0. The highest BCUT2D eigenvalue weighted by molar-refractivity contribution is 6.74. The lowest BCUT2D eigenvalue weighted by Crippen LogP contribution is -2.42. The summed E-state index contributed by atoms with van der Waals surface area (Å²) < 4.78 is 26.6. The molecule has 6 heteroatoms. The van der Waals surface area contributed by atoms with E-state index in [-0.39, 0.29) is 16.5 Å². The van der Waals surface area contributed by atoms with Gasteiger partial charge in [0.25, 0.3) is 0 Å². The van der Waals surface area contributed by atoms with Crippen molar-refractivity contribution in [3.63, 3.8) is 0 Å². The Bertz CT molecular complexity index is 874. The third kappa shape index (κ3) is 5.92. The lowest BCUT2D eigenvalue weighted by atomic mass is 10.0. The topological polar surface area (TPSA) is 55.8 Å². The summed E-state index contributed by atoms with van der Waals surface area (Å²) in [6.07, 6.45) is 0.929. The molecule has 4 nitrogen and oxygen atoms in total. The Hall–Kier alpha value is -2.18. The predicted molar refractivity (Wildman–Crippen MR) is 121 cm³/mol. The molecule has 1 atom stereocenters. The van der Waals surface area contributed by atoms with Gasteiger partial charge in [-0.25, -0.2) is 9.18 Å². The van der Waals surface area contributed by atoms with Crippen molar-refractivity contribution < 1.29 is 23.5 Å². The first-order valence-corrected chi connectivity index (χ1v) is 13.3. The fraction of sp³-hybridized carbons (Fsp3) is 0.458. The molecule has 2 aromatic rings. The number of para-hydroxylation sites is 1. The van der Waals surface area contributed by atoms with Crippen LogP contribution in [0.1, 0.15) is 44.5 Å². The van der Waals surface area contributed by atoms with E-state index in [0.717, 1.165) is 12.0 Å². The molecule has 0 saturated heterocycles. The number of ether oxygens (including phenoxy) is 1. The van der Waals surface area contributed by atoms with E-state index < -0.39 is 20.1 Å². The number of rotatable bonds is 9. The van der Waals surface area contributed by atoms with Gasteiger partial charge in [-0.2, -0.15) is 0 Å². The molecule has 0 saturated carbocycles. The van der Waals surface area contributed by atoms with E-state index in [2.05, 4.69) is 40.8 Å². The Labute approximate surface area is 180 Å². The van der Waals surface area contributed by atoms with Crippen molar-refractivity contribution in [2.45, 2.75) is 52.2 Å². The van der Waals surface area contributed by atoms with E-state index in [0.29, 0.717) is 24.5 Å². The van der Waals surface area contributed by atoms with E-state index in [1.165, 1.54) is 12.1 Å². The smallest absolute Gasteiger partial charge is 0.338 e. The van der Waals surface area contributed by atoms with Gasteiger partial charge < -0.3 is 14.3 Å². The van der Waals surface area contributed by atoms with Crippen LogP contribution in [0, 0.1) is 11.7 Å². The summed E-state index contributed by atoms with van der Waals surface area (Å²) in [6, 6.07) is 11.5. The second kappa shape index (κ2) is 9.75. The van der Waals surface area contributed by atoms with Gasteiger partial charge in [0.2, 0.25) is 0 Å². The van der Waals surface area contributed by atoms with Crippen molar-refractivity contribution in [1.29, 1.82) is 0 Å². The van der Waals surface area contributed by atoms with Crippen LogP contribution in [0.15, 0.2) is 42.5 Å². The summed E-state index contributed by atoms with van der Waals surface area (Å²) in [7, 11) is -1.82. The van der Waals surface area contributed by atoms with Gasteiger partial charge in [-0.3, -0.25) is 0 Å². The third-order valence-electron chi connectivity index (χ3n) is 5.94. The van der Waals surface area contributed by atoms with Crippen molar-refractivity contribution in [3.05, 3.63) is 53.8 Å². The lowest BCUT2D eigenvalue weighted by molar-refractivity contribution is 0.0692. The molecule has 0 aliphatic heterocycles. The molecular formula is C24H33FO4Si. The summed E-state index contributed by atoms with van der Waals surface area (Å²) in [4.78, 5) is 11.1. The first kappa shape index (κ1) is 24.1. The SMILES string of the molecule is CC[C@@H](COc1ccccc1-c1ccc(C(=O)O)c(F)c1)CO[Si](C)(C)C(C)(C)C. The van der Waals surface area contributed by atoms with Gasteiger partial charge in [-0.15, -0.1) is 0 Å². The predicted octanol–water partition coefficient (Wildman–Crippen LogP) is 6.62. The maximum atomic E-state index is 14.2. The molecule has 2 aromatic carbocycles. The number of aromatic carboxylic acids is 1. The summed E-state index contributed by atoms with van der Waals surface area (Å²) in [5, 5.41) is 9.20. The third-order valence-corrected chi connectivity index (χ3v) is 10.4. The van der Waals surface area contributed by atoms with Crippen molar-refractivity contribution in [2.75, 3.05) is 13.2 Å². The van der Waals surface area contributed by atoms with Gasteiger partial charge in [-0.05, 0) is 48.3 Å². The molecular weight excluding hydrogens is 399 g/mol. The highest BCUT2D eigenvalue weighted by Gasteiger charge is 2.37. The van der Waals surface area contributed by atoms with Gasteiger partial charge in [0, 0.05) is 18.1 Å². The summed E-state index contributed by atoms with van der Waals surface area (Å²) >= 11 is 0. The Morgan fingerprint density at radius 2 is 1.80 bits per heavy atom. The van der Waals surface area contributed by atoms with Gasteiger partial charge >= 0.3 is 5.97 Å². The van der Waals surface area contributed by atoms with Crippen LogP contribution in [0.25, 0.3) is 11.1 Å². The molecule has 0 radical (unpaired) electrons. The molecule has 0 amide bonds. The van der Waals surface area contributed by atoms with E-state index in [1.54, 1.807) is 6.07 Å². The van der Waals surface area contributed by atoms with Crippen LogP contribution in [0.3, 0.4) is 0 Å². The average Bonchev–Trinajstić information content (AvgIpc) is 2.67. The highest BCUT2D eigenvalue weighted by atomic mass is 28.4. The molecule has 0 unspecified atom stereocenters. The zero-order valence-corrected chi connectivity index (χ0v) is 19.8. The Morgan fingerprint density at radius 3 is 2.37 bits per heavy atom. The average molecular weight is 433 g/mol. The number of carboxylic acids is 1. The van der Waals surface area contributed by atoms with Crippen molar-refractivity contribution in [1.82, 2.24) is 0 Å². The lowest BCUT2D eigenvalue weighted by Gasteiger charge is -2.37. The molecule has 0 heterocycles. The quantitative estimate of drug-likeness (QED) is 0.453. The second-order valence-electron chi connectivity index (χ2n) is 9.15. The summed E-state index contributed by atoms with van der Waals surface area (Å²) in [6.45, 7) is 14.4. The largest absolute Gasteiger partial charge is 0.493 e. The Morgan fingerprint density at radius 1 is 1.13 bits per heavy atom. The molecule has 0 spiro atoms. The van der Waals surface area contributed by atoms with E-state index >= 15 is 0 Å². The fourth-order valence-electron chi connectivity index (χ4n) is 2.72. The Balaban J connectivity index is 2.13. The van der Waals surface area contributed by atoms with Crippen molar-refractivity contribution in [3.8, 4) is 16.9 Å². The maximum Gasteiger partial charge on any atom is 0.338 e.